The Hall–Kier alpha value is -0.570. The van der Waals surface area contributed by atoms with Crippen LogP contribution in [0.25, 0.3) is 0 Å². The summed E-state index contributed by atoms with van der Waals surface area (Å²) in [5.41, 5.74) is 0. The first-order valence-electron chi connectivity index (χ1n) is 8.10. The lowest BCUT2D eigenvalue weighted by Crippen LogP contribution is -2.28. The number of unbranched alkanes of at least 4 members (excludes halogenated alkanes) is 6. The average molecular weight is 270 g/mol. The molecule has 19 heavy (non-hydrogen) atoms. The summed E-state index contributed by atoms with van der Waals surface area (Å²) in [5.74, 6) is -0.0762. The Morgan fingerprint density at radius 2 is 1.79 bits per heavy atom. The van der Waals surface area contributed by atoms with E-state index in [4.69, 9.17) is 4.74 Å². The van der Waals surface area contributed by atoms with E-state index in [1.807, 2.05) is 0 Å². The molecule has 0 radical (unpaired) electrons. The van der Waals surface area contributed by atoms with Crippen molar-refractivity contribution in [2.45, 2.75) is 96.2 Å². The summed E-state index contributed by atoms with van der Waals surface area (Å²) in [7, 11) is 0. The minimum Gasteiger partial charge on any atom is -0.462 e. The summed E-state index contributed by atoms with van der Waals surface area (Å²) in [6.07, 6.45) is 12.1. The van der Waals surface area contributed by atoms with E-state index < -0.39 is 0 Å². The molecular weight excluding hydrogens is 240 g/mol. The quantitative estimate of drug-likeness (QED) is 0.509. The molecule has 1 saturated carbocycles. The van der Waals surface area contributed by atoms with E-state index in [0.29, 0.717) is 12.8 Å². The summed E-state index contributed by atoms with van der Waals surface area (Å²) >= 11 is 0. The number of aliphatic hydroxyl groups is 1. The van der Waals surface area contributed by atoms with Gasteiger partial charge in [-0.05, 0) is 25.7 Å². The maximum absolute atomic E-state index is 11.6. The third-order valence-corrected chi connectivity index (χ3v) is 3.88. The van der Waals surface area contributed by atoms with Crippen molar-refractivity contribution in [1.82, 2.24) is 0 Å². The summed E-state index contributed by atoms with van der Waals surface area (Å²) < 4.78 is 5.41. The van der Waals surface area contributed by atoms with E-state index >= 15 is 0 Å². The molecule has 0 aliphatic heterocycles. The smallest absolute Gasteiger partial charge is 0.306 e. The van der Waals surface area contributed by atoms with Gasteiger partial charge in [0.05, 0.1) is 6.10 Å². The fraction of sp³-hybridized carbons (Fsp3) is 0.938. The van der Waals surface area contributed by atoms with Crippen LogP contribution >= 0.6 is 0 Å². The minimum atomic E-state index is -0.273. The predicted molar refractivity (Wildman–Crippen MR) is 77.0 cm³/mol. The third-order valence-electron chi connectivity index (χ3n) is 3.88. The van der Waals surface area contributed by atoms with Crippen molar-refractivity contribution in [3.05, 3.63) is 0 Å². The molecule has 3 nitrogen and oxygen atoms in total. The van der Waals surface area contributed by atoms with Gasteiger partial charge in [0.2, 0.25) is 0 Å². The molecule has 0 aromatic rings. The van der Waals surface area contributed by atoms with E-state index in [0.717, 1.165) is 32.1 Å². The van der Waals surface area contributed by atoms with Gasteiger partial charge in [-0.15, -0.1) is 0 Å². The van der Waals surface area contributed by atoms with E-state index in [1.54, 1.807) is 0 Å². The van der Waals surface area contributed by atoms with Gasteiger partial charge in [-0.1, -0.05) is 45.4 Å². The van der Waals surface area contributed by atoms with Crippen molar-refractivity contribution in [1.29, 1.82) is 0 Å². The van der Waals surface area contributed by atoms with Crippen LogP contribution in [0.2, 0.25) is 0 Å². The maximum Gasteiger partial charge on any atom is 0.306 e. The highest BCUT2D eigenvalue weighted by Crippen LogP contribution is 2.21. The summed E-state index contributed by atoms with van der Waals surface area (Å²) in [6, 6.07) is 0. The maximum atomic E-state index is 11.6. The fourth-order valence-corrected chi connectivity index (χ4v) is 2.70. The molecular formula is C16H30O3. The van der Waals surface area contributed by atoms with Crippen LogP contribution < -0.4 is 0 Å². The van der Waals surface area contributed by atoms with Crippen LogP contribution in [0.15, 0.2) is 0 Å². The Labute approximate surface area is 117 Å². The standard InChI is InChI=1S/C16H30O3/c1-2-3-4-5-6-7-8-12-16(18)19-15-11-9-10-14(17)13-15/h14-15,17H,2-13H2,1H3. The lowest BCUT2D eigenvalue weighted by molar-refractivity contribution is -0.152. The first-order chi connectivity index (χ1) is 9.22. The number of carbonyl (C=O) groups is 1. The van der Waals surface area contributed by atoms with Gasteiger partial charge >= 0.3 is 5.97 Å². The largest absolute Gasteiger partial charge is 0.462 e. The molecule has 0 aromatic heterocycles. The molecule has 1 N–H and O–H groups in total. The molecule has 0 amide bonds. The molecule has 0 spiro atoms. The topological polar surface area (TPSA) is 46.5 Å². The number of ether oxygens (including phenoxy) is 1. The molecule has 0 bridgehead atoms. The van der Waals surface area contributed by atoms with E-state index in [2.05, 4.69) is 6.92 Å². The number of hydrogen-bond donors (Lipinski definition) is 1. The number of rotatable bonds is 9. The minimum absolute atomic E-state index is 0.0409. The Morgan fingerprint density at radius 3 is 2.47 bits per heavy atom. The van der Waals surface area contributed by atoms with Gasteiger partial charge in [-0.25, -0.2) is 0 Å². The highest BCUT2D eigenvalue weighted by Gasteiger charge is 2.22. The van der Waals surface area contributed by atoms with Crippen molar-refractivity contribution in [3.8, 4) is 0 Å². The second-order valence-electron chi connectivity index (χ2n) is 5.80. The molecule has 0 heterocycles. The molecule has 112 valence electrons. The second-order valence-corrected chi connectivity index (χ2v) is 5.80. The highest BCUT2D eigenvalue weighted by atomic mass is 16.5. The average Bonchev–Trinajstić information content (AvgIpc) is 2.37. The van der Waals surface area contributed by atoms with Crippen molar-refractivity contribution in [3.63, 3.8) is 0 Å². The van der Waals surface area contributed by atoms with Gasteiger partial charge in [0.1, 0.15) is 6.10 Å². The zero-order valence-corrected chi connectivity index (χ0v) is 12.4. The number of hydrogen-bond acceptors (Lipinski definition) is 3. The first-order valence-corrected chi connectivity index (χ1v) is 8.10. The van der Waals surface area contributed by atoms with Crippen molar-refractivity contribution >= 4 is 5.97 Å². The zero-order valence-electron chi connectivity index (χ0n) is 12.4. The monoisotopic (exact) mass is 270 g/mol. The van der Waals surface area contributed by atoms with Crippen LogP contribution in [0, 0.1) is 0 Å². The van der Waals surface area contributed by atoms with Gasteiger partial charge in [0, 0.05) is 12.8 Å². The first kappa shape index (κ1) is 16.5. The van der Waals surface area contributed by atoms with Gasteiger partial charge in [-0.3, -0.25) is 4.79 Å². The molecule has 0 saturated heterocycles. The lowest BCUT2D eigenvalue weighted by atomic mass is 9.95. The second kappa shape index (κ2) is 10.2. The molecule has 1 aliphatic carbocycles. The molecule has 2 atom stereocenters. The van der Waals surface area contributed by atoms with E-state index in [9.17, 15) is 9.90 Å². The zero-order chi connectivity index (χ0) is 13.9. The van der Waals surface area contributed by atoms with Crippen LogP contribution in [-0.2, 0) is 9.53 Å². The molecule has 0 aromatic carbocycles. The number of esters is 1. The molecule has 3 heteroatoms. The predicted octanol–water partition coefficient (Wildman–Crippen LogP) is 3.97. The third kappa shape index (κ3) is 8.25. The Morgan fingerprint density at radius 1 is 1.11 bits per heavy atom. The van der Waals surface area contributed by atoms with Crippen molar-refractivity contribution < 1.29 is 14.6 Å². The summed E-state index contributed by atoms with van der Waals surface area (Å²) in [6.45, 7) is 2.22. The van der Waals surface area contributed by atoms with Crippen LogP contribution in [-0.4, -0.2) is 23.3 Å². The molecule has 1 aliphatic rings. The van der Waals surface area contributed by atoms with Crippen LogP contribution in [0.3, 0.4) is 0 Å². The van der Waals surface area contributed by atoms with Gasteiger partial charge < -0.3 is 9.84 Å². The van der Waals surface area contributed by atoms with Crippen LogP contribution in [0.1, 0.15) is 84.0 Å². The van der Waals surface area contributed by atoms with Crippen molar-refractivity contribution in [2.24, 2.45) is 0 Å². The SMILES string of the molecule is CCCCCCCCCC(=O)OC1CCCC(O)C1. The van der Waals surface area contributed by atoms with Crippen LogP contribution in [0.4, 0.5) is 0 Å². The molecule has 2 unspecified atom stereocenters. The fourth-order valence-electron chi connectivity index (χ4n) is 2.70. The van der Waals surface area contributed by atoms with E-state index in [-0.39, 0.29) is 18.2 Å². The summed E-state index contributed by atoms with van der Waals surface area (Å²) in [4.78, 5) is 11.6. The van der Waals surface area contributed by atoms with Crippen molar-refractivity contribution in [2.75, 3.05) is 0 Å². The van der Waals surface area contributed by atoms with E-state index in [1.165, 1.54) is 32.1 Å². The number of aliphatic hydroxyl groups excluding tert-OH is 1. The van der Waals surface area contributed by atoms with Gasteiger partial charge in [-0.2, -0.15) is 0 Å². The molecule has 1 rings (SSSR count). The van der Waals surface area contributed by atoms with Gasteiger partial charge in [0.25, 0.3) is 0 Å². The Kier molecular flexibility index (Phi) is 8.89. The van der Waals surface area contributed by atoms with Gasteiger partial charge in [0.15, 0.2) is 0 Å². The lowest BCUT2D eigenvalue weighted by Gasteiger charge is -2.25. The molecule has 1 fully saturated rings. The Bertz CT molecular complexity index is 240. The number of carbonyl (C=O) groups excluding carboxylic acids is 1. The normalized spacial score (nSPS) is 23.3. The van der Waals surface area contributed by atoms with Crippen LogP contribution in [0.5, 0.6) is 0 Å². The summed E-state index contributed by atoms with van der Waals surface area (Å²) in [5, 5.41) is 9.52. The highest BCUT2D eigenvalue weighted by molar-refractivity contribution is 5.69. The Balaban J connectivity index is 1.95.